The molecule has 6 nitrogen and oxygen atoms in total. The molecule has 0 saturated carbocycles. The zero-order chi connectivity index (χ0) is 20.4. The van der Waals surface area contributed by atoms with Crippen LogP contribution in [-0.4, -0.2) is 28.8 Å². The predicted octanol–water partition coefficient (Wildman–Crippen LogP) is 3.55. The second kappa shape index (κ2) is 8.21. The number of carbonyl (C=O) groups is 1. The highest BCUT2D eigenvalue weighted by Crippen LogP contribution is 2.31. The van der Waals surface area contributed by atoms with E-state index in [4.69, 9.17) is 9.47 Å². The molecule has 0 fully saturated rings. The van der Waals surface area contributed by atoms with Gasteiger partial charge in [-0.05, 0) is 49.9 Å². The minimum atomic E-state index is -0.129. The van der Waals surface area contributed by atoms with Crippen LogP contribution in [-0.2, 0) is 6.54 Å². The molecule has 0 radical (unpaired) electrons. The van der Waals surface area contributed by atoms with Crippen LogP contribution in [0.15, 0.2) is 59.8 Å². The highest BCUT2D eigenvalue weighted by molar-refractivity contribution is 7.99. The van der Waals surface area contributed by atoms with Crippen LogP contribution in [0, 0.1) is 19.1 Å². The SMILES string of the molecule is Cc1cc(C(=O)CSc2cccc[n+]2[O-])c(C)n1C[C@H]1COc2ccccc2O1. The number of aryl methyl sites for hydroxylation is 1. The molecule has 29 heavy (non-hydrogen) atoms. The van der Waals surface area contributed by atoms with Crippen molar-refractivity contribution in [1.29, 1.82) is 0 Å². The van der Waals surface area contributed by atoms with Gasteiger partial charge in [-0.1, -0.05) is 12.1 Å². The van der Waals surface area contributed by atoms with Gasteiger partial charge < -0.3 is 19.2 Å². The lowest BCUT2D eigenvalue weighted by atomic mass is 10.2. The van der Waals surface area contributed by atoms with Gasteiger partial charge in [0.2, 0.25) is 0 Å². The summed E-state index contributed by atoms with van der Waals surface area (Å²) < 4.78 is 14.7. The third kappa shape index (κ3) is 4.10. The van der Waals surface area contributed by atoms with Crippen molar-refractivity contribution in [2.45, 2.75) is 31.5 Å². The van der Waals surface area contributed by atoms with Gasteiger partial charge in [0.1, 0.15) is 6.61 Å². The van der Waals surface area contributed by atoms with Crippen LogP contribution in [0.2, 0.25) is 0 Å². The van der Waals surface area contributed by atoms with Crippen LogP contribution in [0.3, 0.4) is 0 Å². The Morgan fingerprint density at radius 1 is 1.21 bits per heavy atom. The molecule has 1 aromatic carbocycles. The second-order valence-corrected chi connectivity index (χ2v) is 7.97. The van der Waals surface area contributed by atoms with E-state index in [-0.39, 0.29) is 17.6 Å². The molecule has 0 bridgehead atoms. The summed E-state index contributed by atoms with van der Waals surface area (Å²) in [7, 11) is 0. The molecular weight excluding hydrogens is 388 g/mol. The first-order valence-electron chi connectivity index (χ1n) is 9.42. The van der Waals surface area contributed by atoms with Crippen molar-refractivity contribution in [1.82, 2.24) is 4.57 Å². The fourth-order valence-corrected chi connectivity index (χ4v) is 4.26. The number of para-hydroxylation sites is 2. The van der Waals surface area contributed by atoms with Crippen molar-refractivity contribution in [3.8, 4) is 11.5 Å². The fourth-order valence-electron chi connectivity index (χ4n) is 3.46. The van der Waals surface area contributed by atoms with Gasteiger partial charge in [0.05, 0.1) is 12.3 Å². The molecule has 4 rings (SSSR count). The zero-order valence-corrected chi connectivity index (χ0v) is 17.1. The van der Waals surface area contributed by atoms with Crippen molar-refractivity contribution in [3.05, 3.63) is 76.9 Å². The number of ether oxygens (including phenoxy) is 2. The fraction of sp³-hybridized carbons (Fsp3) is 0.273. The summed E-state index contributed by atoms with van der Waals surface area (Å²) in [6, 6.07) is 14.7. The molecule has 3 heterocycles. The molecule has 150 valence electrons. The van der Waals surface area contributed by atoms with E-state index in [1.807, 2.05) is 44.2 Å². The molecule has 0 aliphatic carbocycles. The summed E-state index contributed by atoms with van der Waals surface area (Å²) >= 11 is 1.25. The van der Waals surface area contributed by atoms with Crippen molar-refractivity contribution in [3.63, 3.8) is 0 Å². The van der Waals surface area contributed by atoms with Gasteiger partial charge in [-0.15, -0.1) is 0 Å². The highest BCUT2D eigenvalue weighted by atomic mass is 32.2. The molecule has 2 aromatic heterocycles. The Balaban J connectivity index is 1.45. The molecule has 1 aliphatic rings. The molecule has 0 N–H and O–H groups in total. The van der Waals surface area contributed by atoms with E-state index in [2.05, 4.69) is 4.57 Å². The number of fused-ring (bicyclic) bond motifs is 1. The Morgan fingerprint density at radius 3 is 2.76 bits per heavy atom. The molecule has 3 aromatic rings. The maximum atomic E-state index is 12.8. The van der Waals surface area contributed by atoms with E-state index in [0.29, 0.717) is 23.7 Å². The number of nitrogens with zero attached hydrogens (tertiary/aromatic N) is 2. The number of Topliss-reactive ketones (excluding diaryl/α,β-unsaturated/α-hetero) is 1. The Hall–Kier alpha value is -2.93. The van der Waals surface area contributed by atoms with Crippen LogP contribution in [0.1, 0.15) is 21.7 Å². The number of benzene rings is 1. The smallest absolute Gasteiger partial charge is 0.251 e. The largest absolute Gasteiger partial charge is 0.618 e. The van der Waals surface area contributed by atoms with E-state index in [1.165, 1.54) is 18.0 Å². The third-order valence-corrected chi connectivity index (χ3v) is 5.99. The number of carbonyl (C=O) groups excluding carboxylic acids is 1. The van der Waals surface area contributed by atoms with Gasteiger partial charge in [0.15, 0.2) is 29.6 Å². The monoisotopic (exact) mass is 410 g/mol. The lowest BCUT2D eigenvalue weighted by Gasteiger charge is -2.27. The first kappa shape index (κ1) is 19.4. The van der Waals surface area contributed by atoms with Gasteiger partial charge in [-0.2, -0.15) is 4.73 Å². The van der Waals surface area contributed by atoms with Crippen LogP contribution in [0.25, 0.3) is 0 Å². The summed E-state index contributed by atoms with van der Waals surface area (Å²) in [6.45, 7) is 4.99. The number of hydrogen-bond donors (Lipinski definition) is 0. The van der Waals surface area contributed by atoms with Gasteiger partial charge >= 0.3 is 0 Å². The van der Waals surface area contributed by atoms with E-state index in [0.717, 1.165) is 27.6 Å². The van der Waals surface area contributed by atoms with Crippen molar-refractivity contribution in [2.75, 3.05) is 12.4 Å². The predicted molar refractivity (Wildman–Crippen MR) is 111 cm³/mol. The number of ketones is 1. The second-order valence-electron chi connectivity index (χ2n) is 6.97. The summed E-state index contributed by atoms with van der Waals surface area (Å²) in [5, 5.41) is 12.3. The molecule has 0 amide bonds. The van der Waals surface area contributed by atoms with Gasteiger partial charge in [0.25, 0.3) is 5.03 Å². The zero-order valence-electron chi connectivity index (χ0n) is 16.3. The highest BCUT2D eigenvalue weighted by Gasteiger charge is 2.24. The van der Waals surface area contributed by atoms with E-state index < -0.39 is 0 Å². The lowest BCUT2D eigenvalue weighted by Crippen LogP contribution is -2.33. The lowest BCUT2D eigenvalue weighted by molar-refractivity contribution is -0.645. The average Bonchev–Trinajstić information content (AvgIpc) is 3.01. The topological polar surface area (TPSA) is 67.4 Å². The van der Waals surface area contributed by atoms with Crippen molar-refractivity contribution < 1.29 is 19.0 Å². The summed E-state index contributed by atoms with van der Waals surface area (Å²) in [6.07, 6.45) is 1.30. The molecule has 0 spiro atoms. The molecule has 1 aliphatic heterocycles. The number of rotatable bonds is 6. The Bertz CT molecular complexity index is 1050. The maximum absolute atomic E-state index is 12.8. The van der Waals surface area contributed by atoms with Gasteiger partial charge in [-0.3, -0.25) is 4.79 Å². The quantitative estimate of drug-likeness (QED) is 0.269. The Labute approximate surface area is 173 Å². The number of thioether (sulfide) groups is 1. The first-order chi connectivity index (χ1) is 14.0. The molecule has 0 saturated heterocycles. The number of hydrogen-bond acceptors (Lipinski definition) is 5. The molecular formula is C22H22N2O4S. The number of pyridine rings is 1. The standard InChI is InChI=1S/C22H22N2O4S/c1-15-11-18(19(25)14-29-22-9-5-6-10-24(22)26)16(2)23(15)12-17-13-27-20-7-3-4-8-21(20)28-17/h3-11,17H,12-14H2,1-2H3/t17-/m0/s1. The number of aromatic nitrogens is 2. The van der Waals surface area contributed by atoms with Gasteiger partial charge in [-0.25, -0.2) is 0 Å². The Kier molecular flexibility index (Phi) is 5.49. The van der Waals surface area contributed by atoms with Gasteiger partial charge in [0, 0.05) is 29.1 Å². The maximum Gasteiger partial charge on any atom is 0.251 e. The van der Waals surface area contributed by atoms with Crippen LogP contribution < -0.4 is 14.2 Å². The minimum Gasteiger partial charge on any atom is -0.618 e. The van der Waals surface area contributed by atoms with Crippen LogP contribution >= 0.6 is 11.8 Å². The molecule has 7 heteroatoms. The molecule has 0 unspecified atom stereocenters. The summed E-state index contributed by atoms with van der Waals surface area (Å²) in [5.41, 5.74) is 2.58. The minimum absolute atomic E-state index is 0.00404. The summed E-state index contributed by atoms with van der Waals surface area (Å²) in [4.78, 5) is 12.8. The molecule has 1 atom stereocenters. The third-order valence-electron chi connectivity index (χ3n) is 4.97. The average molecular weight is 410 g/mol. The first-order valence-corrected chi connectivity index (χ1v) is 10.4. The van der Waals surface area contributed by atoms with E-state index in [9.17, 15) is 10.0 Å². The van der Waals surface area contributed by atoms with Crippen molar-refractivity contribution >= 4 is 17.5 Å². The summed E-state index contributed by atoms with van der Waals surface area (Å²) in [5.74, 6) is 1.72. The van der Waals surface area contributed by atoms with Crippen LogP contribution in [0.5, 0.6) is 11.5 Å². The van der Waals surface area contributed by atoms with E-state index in [1.54, 1.807) is 18.2 Å². The van der Waals surface area contributed by atoms with Crippen molar-refractivity contribution in [2.24, 2.45) is 0 Å². The van der Waals surface area contributed by atoms with E-state index >= 15 is 0 Å². The Morgan fingerprint density at radius 2 is 1.97 bits per heavy atom. The normalized spacial score (nSPS) is 15.3. The van der Waals surface area contributed by atoms with Crippen LogP contribution in [0.4, 0.5) is 0 Å².